The Bertz CT molecular complexity index is 698. The van der Waals surface area contributed by atoms with Crippen molar-refractivity contribution in [3.8, 4) is 0 Å². The van der Waals surface area contributed by atoms with Gasteiger partial charge in [-0.15, -0.1) is 0 Å². The standard InChI is InChI=1S/C15H13ClN4O/c16-11-3-5-12(6-4-11)19-15-17-8-7-14(20-15)18-10-13-2-1-9-21-13/h1-9H,10H2,(H2,17,18,19,20). The average molecular weight is 301 g/mol. The van der Waals surface area contributed by atoms with Crippen LogP contribution in [0.15, 0.2) is 59.3 Å². The van der Waals surface area contributed by atoms with Gasteiger partial charge in [0, 0.05) is 16.9 Å². The van der Waals surface area contributed by atoms with Gasteiger partial charge in [-0.3, -0.25) is 0 Å². The highest BCUT2D eigenvalue weighted by Gasteiger charge is 2.01. The molecule has 0 aliphatic carbocycles. The Kier molecular flexibility index (Phi) is 4.02. The van der Waals surface area contributed by atoms with Crippen molar-refractivity contribution in [2.24, 2.45) is 0 Å². The van der Waals surface area contributed by atoms with Crippen LogP contribution < -0.4 is 10.6 Å². The molecule has 6 heteroatoms. The van der Waals surface area contributed by atoms with Crippen molar-refractivity contribution in [1.82, 2.24) is 9.97 Å². The van der Waals surface area contributed by atoms with Gasteiger partial charge in [0.05, 0.1) is 12.8 Å². The lowest BCUT2D eigenvalue weighted by Gasteiger charge is -2.07. The molecule has 0 amide bonds. The monoisotopic (exact) mass is 300 g/mol. The van der Waals surface area contributed by atoms with E-state index in [4.69, 9.17) is 16.0 Å². The number of benzene rings is 1. The molecule has 3 aromatic rings. The molecule has 0 saturated heterocycles. The van der Waals surface area contributed by atoms with Crippen LogP contribution in [0.4, 0.5) is 17.5 Å². The Hall–Kier alpha value is -2.53. The van der Waals surface area contributed by atoms with Crippen LogP contribution in [0.5, 0.6) is 0 Å². The molecule has 0 bridgehead atoms. The second-order valence-electron chi connectivity index (χ2n) is 4.33. The Labute approximate surface area is 127 Å². The molecule has 0 atom stereocenters. The summed E-state index contributed by atoms with van der Waals surface area (Å²) >= 11 is 5.85. The van der Waals surface area contributed by atoms with Gasteiger partial charge in [0.2, 0.25) is 5.95 Å². The molecule has 5 nitrogen and oxygen atoms in total. The molecule has 2 N–H and O–H groups in total. The molecule has 0 fully saturated rings. The number of anilines is 3. The predicted octanol–water partition coefficient (Wildman–Crippen LogP) is 4.08. The number of hydrogen-bond donors (Lipinski definition) is 2. The summed E-state index contributed by atoms with van der Waals surface area (Å²) in [4.78, 5) is 8.57. The van der Waals surface area contributed by atoms with Gasteiger partial charge in [-0.1, -0.05) is 11.6 Å². The zero-order chi connectivity index (χ0) is 14.5. The van der Waals surface area contributed by atoms with E-state index in [2.05, 4.69) is 20.6 Å². The first-order chi connectivity index (χ1) is 10.3. The van der Waals surface area contributed by atoms with E-state index < -0.39 is 0 Å². The second-order valence-corrected chi connectivity index (χ2v) is 4.77. The van der Waals surface area contributed by atoms with Gasteiger partial charge in [0.15, 0.2) is 0 Å². The topological polar surface area (TPSA) is 63.0 Å². The fraction of sp³-hybridized carbons (Fsp3) is 0.0667. The van der Waals surface area contributed by atoms with Crippen LogP contribution in [0.2, 0.25) is 5.02 Å². The molecule has 2 heterocycles. The minimum atomic E-state index is 0.516. The molecule has 21 heavy (non-hydrogen) atoms. The SMILES string of the molecule is Clc1ccc(Nc2nccc(NCc3ccco3)n2)cc1. The first-order valence-corrected chi connectivity index (χ1v) is 6.79. The number of nitrogens with one attached hydrogen (secondary N) is 2. The Balaban J connectivity index is 1.66. The van der Waals surface area contributed by atoms with Crippen LogP contribution in [0, 0.1) is 0 Å². The molecule has 0 aliphatic heterocycles. The van der Waals surface area contributed by atoms with E-state index in [1.165, 1.54) is 0 Å². The van der Waals surface area contributed by atoms with Crippen molar-refractivity contribution in [2.75, 3.05) is 10.6 Å². The summed E-state index contributed by atoms with van der Waals surface area (Å²) in [6, 6.07) is 12.9. The minimum absolute atomic E-state index is 0.516. The molecule has 0 radical (unpaired) electrons. The van der Waals surface area contributed by atoms with Gasteiger partial charge in [0.25, 0.3) is 0 Å². The Morgan fingerprint density at radius 3 is 2.71 bits per heavy atom. The molecule has 3 rings (SSSR count). The summed E-state index contributed by atoms with van der Waals surface area (Å²) < 4.78 is 5.26. The highest BCUT2D eigenvalue weighted by atomic mass is 35.5. The highest BCUT2D eigenvalue weighted by molar-refractivity contribution is 6.30. The first-order valence-electron chi connectivity index (χ1n) is 6.41. The van der Waals surface area contributed by atoms with Gasteiger partial charge < -0.3 is 15.1 Å². The van der Waals surface area contributed by atoms with Crippen molar-refractivity contribution in [2.45, 2.75) is 6.54 Å². The third kappa shape index (κ3) is 3.73. The van der Waals surface area contributed by atoms with E-state index in [9.17, 15) is 0 Å². The maximum atomic E-state index is 5.85. The fourth-order valence-electron chi connectivity index (χ4n) is 1.77. The van der Waals surface area contributed by atoms with E-state index in [1.54, 1.807) is 18.5 Å². The zero-order valence-corrected chi connectivity index (χ0v) is 11.8. The van der Waals surface area contributed by atoms with E-state index in [-0.39, 0.29) is 0 Å². The molecular weight excluding hydrogens is 288 g/mol. The normalized spacial score (nSPS) is 10.3. The number of furan rings is 1. The number of rotatable bonds is 5. The number of halogens is 1. The van der Waals surface area contributed by atoms with Crippen LogP contribution in [0.25, 0.3) is 0 Å². The van der Waals surface area contributed by atoms with Crippen LogP contribution in [0.3, 0.4) is 0 Å². The maximum Gasteiger partial charge on any atom is 0.229 e. The average Bonchev–Trinajstić information content (AvgIpc) is 3.01. The summed E-state index contributed by atoms with van der Waals surface area (Å²) in [6.45, 7) is 0.574. The van der Waals surface area contributed by atoms with E-state index in [0.717, 1.165) is 17.3 Å². The lowest BCUT2D eigenvalue weighted by atomic mass is 10.3. The smallest absolute Gasteiger partial charge is 0.229 e. The molecule has 0 saturated carbocycles. The first kappa shape index (κ1) is 13.5. The van der Waals surface area contributed by atoms with Crippen molar-refractivity contribution in [3.05, 3.63) is 65.7 Å². The van der Waals surface area contributed by atoms with Gasteiger partial charge in [-0.05, 0) is 42.5 Å². The van der Waals surface area contributed by atoms with Crippen LogP contribution in [-0.4, -0.2) is 9.97 Å². The maximum absolute atomic E-state index is 5.85. The summed E-state index contributed by atoms with van der Waals surface area (Å²) in [5.41, 5.74) is 0.877. The summed E-state index contributed by atoms with van der Waals surface area (Å²) in [5.74, 6) is 2.08. The quantitative estimate of drug-likeness (QED) is 0.743. The molecule has 0 aliphatic rings. The summed E-state index contributed by atoms with van der Waals surface area (Å²) in [6.07, 6.45) is 3.33. The lowest BCUT2D eigenvalue weighted by Crippen LogP contribution is -2.03. The van der Waals surface area contributed by atoms with Gasteiger partial charge in [-0.25, -0.2) is 4.98 Å². The third-order valence-electron chi connectivity index (χ3n) is 2.78. The molecule has 0 spiro atoms. The third-order valence-corrected chi connectivity index (χ3v) is 3.03. The van der Waals surface area contributed by atoms with E-state index >= 15 is 0 Å². The van der Waals surface area contributed by atoms with Crippen molar-refractivity contribution >= 4 is 29.1 Å². The molecule has 1 aromatic carbocycles. The molecule has 106 valence electrons. The van der Waals surface area contributed by atoms with Crippen molar-refractivity contribution in [1.29, 1.82) is 0 Å². The second kappa shape index (κ2) is 6.28. The lowest BCUT2D eigenvalue weighted by molar-refractivity contribution is 0.518. The van der Waals surface area contributed by atoms with Gasteiger partial charge in [0.1, 0.15) is 11.6 Å². The van der Waals surface area contributed by atoms with Crippen LogP contribution in [-0.2, 0) is 6.54 Å². The Morgan fingerprint density at radius 1 is 1.10 bits per heavy atom. The number of hydrogen-bond acceptors (Lipinski definition) is 5. The minimum Gasteiger partial charge on any atom is -0.467 e. The Morgan fingerprint density at radius 2 is 1.95 bits per heavy atom. The van der Waals surface area contributed by atoms with E-state index in [1.807, 2.05) is 36.4 Å². The van der Waals surface area contributed by atoms with E-state index in [0.29, 0.717) is 17.5 Å². The highest BCUT2D eigenvalue weighted by Crippen LogP contribution is 2.17. The predicted molar refractivity (Wildman–Crippen MR) is 82.8 cm³/mol. The van der Waals surface area contributed by atoms with Crippen molar-refractivity contribution in [3.63, 3.8) is 0 Å². The van der Waals surface area contributed by atoms with Gasteiger partial charge >= 0.3 is 0 Å². The van der Waals surface area contributed by atoms with Crippen LogP contribution >= 0.6 is 11.6 Å². The zero-order valence-electron chi connectivity index (χ0n) is 11.1. The van der Waals surface area contributed by atoms with Crippen molar-refractivity contribution < 1.29 is 4.42 Å². The van der Waals surface area contributed by atoms with Gasteiger partial charge in [-0.2, -0.15) is 4.98 Å². The largest absolute Gasteiger partial charge is 0.467 e. The molecular formula is C15H13ClN4O. The summed E-state index contributed by atoms with van der Waals surface area (Å²) in [7, 11) is 0. The molecule has 0 unspecified atom stereocenters. The van der Waals surface area contributed by atoms with Crippen LogP contribution in [0.1, 0.15) is 5.76 Å². The molecule has 2 aromatic heterocycles. The fourth-order valence-corrected chi connectivity index (χ4v) is 1.90. The summed E-state index contributed by atoms with van der Waals surface area (Å²) in [5, 5.41) is 6.99. The number of nitrogens with zero attached hydrogens (tertiary/aromatic N) is 2. The number of aromatic nitrogens is 2.